The molecular formula is C14H20N2O2. The second-order valence-electron chi connectivity index (χ2n) is 5.53. The van der Waals surface area contributed by atoms with E-state index >= 15 is 0 Å². The summed E-state index contributed by atoms with van der Waals surface area (Å²) in [6, 6.07) is 6.22. The van der Waals surface area contributed by atoms with Gasteiger partial charge in [0.25, 0.3) is 0 Å². The number of ether oxygens (including phenoxy) is 2. The third-order valence-electron chi connectivity index (χ3n) is 3.69. The van der Waals surface area contributed by atoms with Gasteiger partial charge in [0.05, 0.1) is 0 Å². The topological polar surface area (TPSA) is 33.7 Å². The molecule has 0 saturated carbocycles. The fourth-order valence-corrected chi connectivity index (χ4v) is 2.69. The van der Waals surface area contributed by atoms with E-state index in [1.54, 1.807) is 0 Å². The molecule has 2 heterocycles. The molecule has 0 spiro atoms. The van der Waals surface area contributed by atoms with Gasteiger partial charge in [-0.25, -0.2) is 0 Å². The van der Waals surface area contributed by atoms with Crippen LogP contribution in [0.5, 0.6) is 11.5 Å². The molecular weight excluding hydrogens is 228 g/mol. The molecule has 0 amide bonds. The number of rotatable bonds is 1. The van der Waals surface area contributed by atoms with Crippen LogP contribution < -0.4 is 19.7 Å². The van der Waals surface area contributed by atoms with Crippen LogP contribution in [-0.4, -0.2) is 32.0 Å². The number of nitrogens with zero attached hydrogens (tertiary/aromatic N) is 1. The van der Waals surface area contributed by atoms with E-state index in [1.165, 1.54) is 5.69 Å². The van der Waals surface area contributed by atoms with Gasteiger partial charge in [-0.15, -0.1) is 0 Å². The fraction of sp³-hybridized carbons (Fsp3) is 0.571. The summed E-state index contributed by atoms with van der Waals surface area (Å²) in [5.74, 6) is 1.71. The first kappa shape index (κ1) is 11.7. The highest BCUT2D eigenvalue weighted by molar-refractivity contribution is 5.58. The number of benzene rings is 1. The molecule has 98 valence electrons. The SMILES string of the molecule is CC1(C)CNCCCN1c1ccc2c(c1)OCO2. The monoisotopic (exact) mass is 248 g/mol. The molecule has 0 aliphatic carbocycles. The number of nitrogens with one attached hydrogen (secondary N) is 1. The molecule has 0 unspecified atom stereocenters. The summed E-state index contributed by atoms with van der Waals surface area (Å²) >= 11 is 0. The van der Waals surface area contributed by atoms with Gasteiger partial charge in [-0.1, -0.05) is 0 Å². The zero-order chi connectivity index (χ0) is 12.6. The maximum absolute atomic E-state index is 5.46. The van der Waals surface area contributed by atoms with Gasteiger partial charge in [-0.05, 0) is 38.9 Å². The van der Waals surface area contributed by atoms with Crippen LogP contribution in [0.4, 0.5) is 5.69 Å². The maximum Gasteiger partial charge on any atom is 0.231 e. The molecule has 0 atom stereocenters. The van der Waals surface area contributed by atoms with Crippen molar-refractivity contribution in [2.45, 2.75) is 25.8 Å². The van der Waals surface area contributed by atoms with Crippen LogP contribution in [0.2, 0.25) is 0 Å². The highest BCUT2D eigenvalue weighted by Gasteiger charge is 2.29. The first-order valence-corrected chi connectivity index (χ1v) is 6.55. The molecule has 2 aliphatic heterocycles. The number of anilines is 1. The normalized spacial score (nSPS) is 21.8. The van der Waals surface area contributed by atoms with Gasteiger partial charge in [0.1, 0.15) is 0 Å². The Morgan fingerprint density at radius 2 is 2.06 bits per heavy atom. The number of hydrogen-bond acceptors (Lipinski definition) is 4. The molecule has 4 nitrogen and oxygen atoms in total. The van der Waals surface area contributed by atoms with E-state index in [0.717, 1.165) is 37.6 Å². The summed E-state index contributed by atoms with van der Waals surface area (Å²) in [4.78, 5) is 2.45. The van der Waals surface area contributed by atoms with Crippen LogP contribution in [-0.2, 0) is 0 Å². The summed E-state index contributed by atoms with van der Waals surface area (Å²) in [5.41, 5.74) is 1.33. The van der Waals surface area contributed by atoms with E-state index < -0.39 is 0 Å². The number of hydrogen-bond donors (Lipinski definition) is 1. The van der Waals surface area contributed by atoms with E-state index in [2.05, 4.69) is 36.2 Å². The van der Waals surface area contributed by atoms with Crippen LogP contribution in [0.1, 0.15) is 20.3 Å². The van der Waals surface area contributed by atoms with Crippen LogP contribution in [0, 0.1) is 0 Å². The zero-order valence-corrected chi connectivity index (χ0v) is 11.0. The Morgan fingerprint density at radius 3 is 2.94 bits per heavy atom. The van der Waals surface area contributed by atoms with Crippen molar-refractivity contribution in [2.75, 3.05) is 31.3 Å². The summed E-state index contributed by atoms with van der Waals surface area (Å²) < 4.78 is 10.8. The average Bonchev–Trinajstić information content (AvgIpc) is 2.72. The van der Waals surface area contributed by atoms with Crippen molar-refractivity contribution in [3.63, 3.8) is 0 Å². The van der Waals surface area contributed by atoms with Gasteiger partial charge in [0, 0.05) is 30.4 Å². The smallest absolute Gasteiger partial charge is 0.231 e. The molecule has 0 aromatic heterocycles. The van der Waals surface area contributed by atoms with E-state index in [0.29, 0.717) is 6.79 Å². The molecule has 2 aliphatic rings. The first-order valence-electron chi connectivity index (χ1n) is 6.55. The Morgan fingerprint density at radius 1 is 1.22 bits per heavy atom. The Bertz CT molecular complexity index is 445. The van der Waals surface area contributed by atoms with Gasteiger partial charge in [-0.2, -0.15) is 0 Å². The average molecular weight is 248 g/mol. The molecule has 4 heteroatoms. The standard InChI is InChI=1S/C14H20N2O2/c1-14(2)9-15-6-3-7-16(14)11-4-5-12-13(8-11)18-10-17-12/h4-5,8,15H,3,6-7,9-10H2,1-2H3. The van der Waals surface area contributed by atoms with Gasteiger partial charge in [0.15, 0.2) is 11.5 Å². The van der Waals surface area contributed by atoms with Crippen molar-refractivity contribution in [1.82, 2.24) is 5.32 Å². The molecule has 1 N–H and O–H groups in total. The summed E-state index contributed by atoms with van der Waals surface area (Å²) in [6.07, 6.45) is 1.16. The molecule has 0 radical (unpaired) electrons. The summed E-state index contributed by atoms with van der Waals surface area (Å²) in [6.45, 7) is 8.04. The minimum atomic E-state index is 0.115. The molecule has 3 rings (SSSR count). The summed E-state index contributed by atoms with van der Waals surface area (Å²) in [5, 5.41) is 3.49. The lowest BCUT2D eigenvalue weighted by atomic mass is 10.0. The lowest BCUT2D eigenvalue weighted by molar-refractivity contribution is 0.174. The molecule has 1 aromatic rings. The predicted octanol–water partition coefficient (Wildman–Crippen LogP) is 1.99. The zero-order valence-electron chi connectivity index (χ0n) is 11.0. The van der Waals surface area contributed by atoms with Crippen LogP contribution in [0.15, 0.2) is 18.2 Å². The third kappa shape index (κ3) is 2.01. The van der Waals surface area contributed by atoms with E-state index in [1.807, 2.05) is 6.07 Å². The Labute approximate surface area is 108 Å². The molecule has 1 saturated heterocycles. The molecule has 0 bridgehead atoms. The van der Waals surface area contributed by atoms with Gasteiger partial charge in [0.2, 0.25) is 6.79 Å². The highest BCUT2D eigenvalue weighted by atomic mass is 16.7. The second-order valence-corrected chi connectivity index (χ2v) is 5.53. The Kier molecular flexibility index (Phi) is 2.82. The molecule has 1 fully saturated rings. The minimum absolute atomic E-state index is 0.115. The summed E-state index contributed by atoms with van der Waals surface area (Å²) in [7, 11) is 0. The predicted molar refractivity (Wildman–Crippen MR) is 71.5 cm³/mol. The Balaban J connectivity index is 1.92. The maximum atomic E-state index is 5.46. The van der Waals surface area contributed by atoms with Crippen molar-refractivity contribution < 1.29 is 9.47 Å². The van der Waals surface area contributed by atoms with Crippen molar-refractivity contribution in [2.24, 2.45) is 0 Å². The second kappa shape index (κ2) is 4.35. The van der Waals surface area contributed by atoms with Crippen molar-refractivity contribution in [3.8, 4) is 11.5 Å². The van der Waals surface area contributed by atoms with E-state index in [-0.39, 0.29) is 5.54 Å². The first-order chi connectivity index (χ1) is 8.67. The van der Waals surface area contributed by atoms with Gasteiger partial charge < -0.3 is 19.7 Å². The minimum Gasteiger partial charge on any atom is -0.454 e. The van der Waals surface area contributed by atoms with Crippen molar-refractivity contribution in [1.29, 1.82) is 0 Å². The lowest BCUT2D eigenvalue weighted by Crippen LogP contribution is -2.48. The van der Waals surface area contributed by atoms with Gasteiger partial charge >= 0.3 is 0 Å². The quantitative estimate of drug-likeness (QED) is 0.824. The lowest BCUT2D eigenvalue weighted by Gasteiger charge is -2.39. The van der Waals surface area contributed by atoms with Crippen molar-refractivity contribution >= 4 is 5.69 Å². The van der Waals surface area contributed by atoms with Gasteiger partial charge in [-0.3, -0.25) is 0 Å². The number of fused-ring (bicyclic) bond motifs is 1. The van der Waals surface area contributed by atoms with Crippen molar-refractivity contribution in [3.05, 3.63) is 18.2 Å². The Hall–Kier alpha value is -1.42. The van der Waals surface area contributed by atoms with Crippen LogP contribution in [0.25, 0.3) is 0 Å². The largest absolute Gasteiger partial charge is 0.454 e. The van der Waals surface area contributed by atoms with Crippen LogP contribution in [0.3, 0.4) is 0 Å². The van der Waals surface area contributed by atoms with E-state index in [4.69, 9.17) is 9.47 Å². The molecule has 18 heavy (non-hydrogen) atoms. The highest BCUT2D eigenvalue weighted by Crippen LogP contribution is 2.37. The third-order valence-corrected chi connectivity index (χ3v) is 3.69. The molecule has 1 aromatic carbocycles. The van der Waals surface area contributed by atoms with Crippen LogP contribution >= 0.6 is 0 Å². The fourth-order valence-electron chi connectivity index (χ4n) is 2.69. The van der Waals surface area contributed by atoms with E-state index in [9.17, 15) is 0 Å².